The Morgan fingerprint density at radius 2 is 1.79 bits per heavy atom. The van der Waals surface area contributed by atoms with E-state index in [1.165, 1.54) is 17.3 Å². The summed E-state index contributed by atoms with van der Waals surface area (Å²) in [7, 11) is -2.17. The Morgan fingerprint density at radius 1 is 1.14 bits per heavy atom. The highest BCUT2D eigenvalue weighted by Crippen LogP contribution is 2.37. The first-order valence-corrected chi connectivity index (χ1v) is 10.4. The molecule has 0 aromatic carbocycles. The maximum Gasteiger partial charge on any atom is 0.262 e. The maximum atomic E-state index is 13.0. The number of furan rings is 1. The van der Waals surface area contributed by atoms with E-state index in [1.54, 1.807) is 44.3 Å². The first kappa shape index (κ1) is 18.8. The number of rotatable bonds is 3. The monoisotopic (exact) mass is 413 g/mol. The first-order chi connectivity index (χ1) is 13.6. The van der Waals surface area contributed by atoms with E-state index in [2.05, 4.69) is 9.97 Å². The number of aryl methyl sites for hydroxylation is 1. The van der Waals surface area contributed by atoms with E-state index in [0.29, 0.717) is 17.0 Å². The normalized spacial score (nSPS) is 15.2. The molecule has 4 heterocycles. The minimum absolute atomic E-state index is 0.130. The van der Waals surface area contributed by atoms with E-state index in [9.17, 15) is 18.4 Å². The number of carbonyl (C=O) groups is 1. The lowest BCUT2D eigenvalue weighted by Crippen LogP contribution is -2.27. The molecule has 1 aliphatic rings. The highest BCUT2D eigenvalue weighted by molar-refractivity contribution is 7.90. The standard InChI is InChI=1S/C19H17N4O5S/c1-11-4-5-14(28-11)17-15-16(20-19(21-17)29(3,26)27)13(22(2)18(15)24)10-12-6-8-23(25)9-7-12/h4-10,25H,1-3H3/q+1. The predicted octanol–water partition coefficient (Wildman–Crippen LogP) is 1.56. The molecular weight excluding hydrogens is 396 g/mol. The van der Waals surface area contributed by atoms with Gasteiger partial charge in [-0.05, 0) is 30.7 Å². The van der Waals surface area contributed by atoms with Crippen molar-refractivity contribution in [1.29, 1.82) is 0 Å². The molecular formula is C19H17N4O5S+. The third-order valence-corrected chi connectivity index (χ3v) is 5.31. The molecule has 0 fully saturated rings. The topological polar surface area (TPSA) is 117 Å². The molecule has 0 spiro atoms. The SMILES string of the molecule is Cc1ccc(-c2nc(S(C)(=O)=O)nc3c2C(=O)N(C)/C3=C\c2cc[n+](O)cc2)o1. The molecule has 0 aliphatic carbocycles. The van der Waals surface area contributed by atoms with E-state index in [-0.39, 0.29) is 28.6 Å². The Bertz CT molecular complexity index is 1280. The summed E-state index contributed by atoms with van der Waals surface area (Å²) in [5, 5.41) is 9.00. The molecule has 1 N–H and O–H groups in total. The zero-order valence-electron chi connectivity index (χ0n) is 15.8. The first-order valence-electron chi connectivity index (χ1n) is 8.55. The van der Waals surface area contributed by atoms with Crippen molar-refractivity contribution < 1.29 is 27.6 Å². The van der Waals surface area contributed by atoms with Crippen LogP contribution >= 0.6 is 0 Å². The number of hydrogen-bond donors (Lipinski definition) is 1. The van der Waals surface area contributed by atoms with Crippen LogP contribution in [0.25, 0.3) is 23.2 Å². The second-order valence-electron chi connectivity index (χ2n) is 6.67. The molecule has 0 unspecified atom stereocenters. The Hall–Kier alpha value is -3.53. The van der Waals surface area contributed by atoms with Gasteiger partial charge in [0.1, 0.15) is 17.1 Å². The van der Waals surface area contributed by atoms with Crippen LogP contribution < -0.4 is 4.73 Å². The molecule has 0 radical (unpaired) electrons. The quantitative estimate of drug-likeness (QED) is 0.393. The zero-order chi connectivity index (χ0) is 20.9. The summed E-state index contributed by atoms with van der Waals surface area (Å²) in [5.74, 6) is 0.517. The lowest BCUT2D eigenvalue weighted by molar-refractivity contribution is -0.904. The fraction of sp³-hybridized carbons (Fsp3) is 0.158. The number of hydrogen-bond acceptors (Lipinski definition) is 7. The van der Waals surface area contributed by atoms with E-state index in [1.807, 2.05) is 0 Å². The minimum Gasteiger partial charge on any atom is -0.460 e. The van der Waals surface area contributed by atoms with Gasteiger partial charge in [-0.15, -0.1) is 0 Å². The average molecular weight is 413 g/mol. The van der Waals surface area contributed by atoms with Gasteiger partial charge in [0.2, 0.25) is 27.4 Å². The lowest BCUT2D eigenvalue weighted by Gasteiger charge is -2.10. The van der Waals surface area contributed by atoms with Crippen LogP contribution in [-0.2, 0) is 9.84 Å². The van der Waals surface area contributed by atoms with Gasteiger partial charge in [-0.3, -0.25) is 10.0 Å². The summed E-state index contributed by atoms with van der Waals surface area (Å²) in [6.45, 7) is 1.74. The van der Waals surface area contributed by atoms with Crippen LogP contribution in [0.5, 0.6) is 0 Å². The van der Waals surface area contributed by atoms with Crippen molar-refractivity contribution in [2.24, 2.45) is 0 Å². The molecule has 29 heavy (non-hydrogen) atoms. The van der Waals surface area contributed by atoms with Crippen molar-refractivity contribution in [2.75, 3.05) is 13.3 Å². The van der Waals surface area contributed by atoms with Crippen LogP contribution in [-0.4, -0.2) is 47.7 Å². The number of aromatic nitrogens is 3. The highest BCUT2D eigenvalue weighted by Gasteiger charge is 2.37. The van der Waals surface area contributed by atoms with Crippen LogP contribution in [0.2, 0.25) is 0 Å². The number of nitrogens with zero attached hydrogens (tertiary/aromatic N) is 4. The molecule has 10 heteroatoms. The fourth-order valence-electron chi connectivity index (χ4n) is 3.02. The molecule has 3 aromatic heterocycles. The number of fused-ring (bicyclic) bond motifs is 1. The largest absolute Gasteiger partial charge is 0.460 e. The van der Waals surface area contributed by atoms with Crippen molar-refractivity contribution >= 4 is 27.5 Å². The van der Waals surface area contributed by atoms with Crippen molar-refractivity contribution in [1.82, 2.24) is 14.9 Å². The second-order valence-corrected chi connectivity index (χ2v) is 8.58. The summed E-state index contributed by atoms with van der Waals surface area (Å²) in [5.41, 5.74) is 1.61. The van der Waals surface area contributed by atoms with Gasteiger partial charge in [0.15, 0.2) is 5.76 Å². The Labute approximate surface area is 166 Å². The summed E-state index contributed by atoms with van der Waals surface area (Å²) < 4.78 is 30.9. The van der Waals surface area contributed by atoms with Crippen LogP contribution in [0.1, 0.15) is 27.4 Å². The molecule has 0 saturated carbocycles. The smallest absolute Gasteiger partial charge is 0.262 e. The van der Waals surface area contributed by atoms with Gasteiger partial charge in [0.05, 0.1) is 11.3 Å². The van der Waals surface area contributed by atoms with E-state index < -0.39 is 15.0 Å². The predicted molar refractivity (Wildman–Crippen MR) is 101 cm³/mol. The van der Waals surface area contributed by atoms with Gasteiger partial charge in [-0.1, -0.05) is 0 Å². The molecule has 1 aliphatic heterocycles. The van der Waals surface area contributed by atoms with Crippen LogP contribution in [0.3, 0.4) is 0 Å². The van der Waals surface area contributed by atoms with Gasteiger partial charge >= 0.3 is 0 Å². The summed E-state index contributed by atoms with van der Waals surface area (Å²) in [6, 6.07) is 6.62. The summed E-state index contributed by atoms with van der Waals surface area (Å²) in [6.07, 6.45) is 5.55. The Balaban J connectivity index is 2.01. The fourth-order valence-corrected chi connectivity index (χ4v) is 3.53. The van der Waals surface area contributed by atoms with Crippen LogP contribution in [0.4, 0.5) is 0 Å². The van der Waals surface area contributed by atoms with Crippen molar-refractivity contribution in [2.45, 2.75) is 12.1 Å². The number of pyridine rings is 1. The molecule has 0 atom stereocenters. The average Bonchev–Trinajstić information content (AvgIpc) is 3.19. The van der Waals surface area contributed by atoms with E-state index >= 15 is 0 Å². The van der Waals surface area contributed by atoms with Crippen LogP contribution in [0.15, 0.2) is 46.2 Å². The van der Waals surface area contributed by atoms with Gasteiger partial charge in [0, 0.05) is 30.2 Å². The second kappa shape index (κ2) is 6.52. The van der Waals surface area contributed by atoms with Gasteiger partial charge in [-0.2, -0.15) is 0 Å². The number of sulfone groups is 1. The van der Waals surface area contributed by atoms with Gasteiger partial charge < -0.3 is 9.32 Å². The summed E-state index contributed by atoms with van der Waals surface area (Å²) in [4.78, 5) is 22.7. The molecule has 4 rings (SSSR count). The van der Waals surface area contributed by atoms with Gasteiger partial charge in [-0.25, -0.2) is 18.4 Å². The van der Waals surface area contributed by atoms with Crippen molar-refractivity contribution in [3.05, 3.63) is 59.2 Å². The molecule has 9 nitrogen and oxygen atoms in total. The van der Waals surface area contributed by atoms with E-state index in [0.717, 1.165) is 11.0 Å². The molecule has 1 amide bonds. The van der Waals surface area contributed by atoms with Crippen LogP contribution in [0, 0.1) is 6.92 Å². The summed E-state index contributed by atoms with van der Waals surface area (Å²) >= 11 is 0. The minimum atomic E-state index is -3.74. The van der Waals surface area contributed by atoms with Crippen molar-refractivity contribution in [3.63, 3.8) is 0 Å². The third-order valence-electron chi connectivity index (χ3n) is 4.46. The highest BCUT2D eigenvalue weighted by atomic mass is 32.2. The Morgan fingerprint density at radius 3 is 2.38 bits per heavy atom. The van der Waals surface area contributed by atoms with Gasteiger partial charge in [0.25, 0.3) is 5.91 Å². The van der Waals surface area contributed by atoms with Crippen molar-refractivity contribution in [3.8, 4) is 11.5 Å². The molecule has 0 saturated heterocycles. The zero-order valence-corrected chi connectivity index (χ0v) is 16.6. The molecule has 3 aromatic rings. The maximum absolute atomic E-state index is 13.0. The lowest BCUT2D eigenvalue weighted by atomic mass is 10.1. The van der Waals surface area contributed by atoms with E-state index in [4.69, 9.17) is 4.42 Å². The molecule has 148 valence electrons. The third kappa shape index (κ3) is 3.27. The number of amides is 1. The number of carbonyl (C=O) groups excluding carboxylic acids is 1. The molecule has 0 bridgehead atoms. The Kier molecular flexibility index (Phi) is 4.23.